The minimum Gasteiger partial charge on any atom is -0.478 e. The highest BCUT2D eigenvalue weighted by Crippen LogP contribution is 2.43. The second-order valence-electron chi connectivity index (χ2n) is 10.1. The van der Waals surface area contributed by atoms with Crippen LogP contribution >= 0.6 is 0 Å². The molecule has 1 aromatic carbocycles. The number of alkyl halides is 3. The number of carbonyl (C=O) groups excluding carboxylic acids is 1. The second kappa shape index (κ2) is 9.85. The molecule has 3 aliphatic heterocycles. The normalized spacial score (nSPS) is 26.5. The number of carbonyl (C=O) groups is 2. The standard InChI is InChI=1S/C25H32F3NO5/c1-16(33-14-24-8-4-19(5-9-24)34-15-24)12-22(30)29-10-6-17(7-11-29)20-3-2-18(25(26,27)28)13-21(20)23(31)32/h2-3,13,16-17,19H,4-12,14-15H2,1H3,(H,31,32). The monoisotopic (exact) mass is 483 g/mol. The Morgan fingerprint density at radius 1 is 1.21 bits per heavy atom. The molecule has 9 heteroatoms. The Morgan fingerprint density at radius 2 is 1.88 bits per heavy atom. The number of aromatic carboxylic acids is 1. The number of hydrogen-bond donors (Lipinski definition) is 1. The Morgan fingerprint density at radius 3 is 2.44 bits per heavy atom. The minimum atomic E-state index is -4.60. The lowest BCUT2D eigenvalue weighted by Gasteiger charge is -2.46. The number of hydrogen-bond acceptors (Lipinski definition) is 4. The van der Waals surface area contributed by atoms with E-state index in [1.807, 2.05) is 6.92 Å². The minimum absolute atomic E-state index is 0.0158. The zero-order valence-corrected chi connectivity index (χ0v) is 19.4. The third kappa shape index (κ3) is 5.57. The zero-order valence-electron chi connectivity index (χ0n) is 19.4. The van der Waals surface area contributed by atoms with Crippen LogP contribution in [0.5, 0.6) is 0 Å². The molecule has 3 heterocycles. The topological polar surface area (TPSA) is 76.1 Å². The number of likely N-dealkylation sites (tertiary alicyclic amines) is 1. The van der Waals surface area contributed by atoms with Gasteiger partial charge in [-0.2, -0.15) is 13.2 Å². The van der Waals surface area contributed by atoms with Gasteiger partial charge in [0.25, 0.3) is 0 Å². The number of nitrogens with zero attached hydrogens (tertiary/aromatic N) is 1. The first-order chi connectivity index (χ1) is 16.1. The molecule has 1 aliphatic carbocycles. The highest BCUT2D eigenvalue weighted by molar-refractivity contribution is 5.90. The number of carboxylic acids is 1. The van der Waals surface area contributed by atoms with Gasteiger partial charge in [-0.05, 0) is 69.1 Å². The first-order valence-corrected chi connectivity index (χ1v) is 12.0. The molecular weight excluding hydrogens is 451 g/mol. The molecule has 4 fully saturated rings. The molecule has 1 unspecified atom stereocenters. The summed E-state index contributed by atoms with van der Waals surface area (Å²) in [5.41, 5.74) is -0.814. The van der Waals surface area contributed by atoms with E-state index in [9.17, 15) is 27.9 Å². The van der Waals surface area contributed by atoms with Crippen molar-refractivity contribution in [2.24, 2.45) is 5.41 Å². The number of halogens is 3. The summed E-state index contributed by atoms with van der Waals surface area (Å²) in [6.45, 7) is 4.11. The molecule has 1 amide bonds. The predicted octanol–water partition coefficient (Wildman–Crippen LogP) is 4.86. The average molecular weight is 484 g/mol. The average Bonchev–Trinajstić information content (AvgIpc) is 2.83. The van der Waals surface area contributed by atoms with E-state index < -0.39 is 17.7 Å². The van der Waals surface area contributed by atoms with Crippen molar-refractivity contribution in [1.82, 2.24) is 4.90 Å². The van der Waals surface area contributed by atoms with Crippen molar-refractivity contribution >= 4 is 11.9 Å². The van der Waals surface area contributed by atoms with Gasteiger partial charge in [-0.1, -0.05) is 6.07 Å². The van der Waals surface area contributed by atoms with Crippen molar-refractivity contribution in [2.75, 3.05) is 26.3 Å². The van der Waals surface area contributed by atoms with Gasteiger partial charge >= 0.3 is 12.1 Å². The van der Waals surface area contributed by atoms with Gasteiger partial charge in [0, 0.05) is 18.5 Å². The Kier molecular flexibility index (Phi) is 7.24. The fourth-order valence-electron chi connectivity index (χ4n) is 5.46. The predicted molar refractivity (Wildman–Crippen MR) is 118 cm³/mol. The lowest BCUT2D eigenvalue weighted by Crippen LogP contribution is -2.46. The third-order valence-electron chi connectivity index (χ3n) is 7.65. The summed E-state index contributed by atoms with van der Waals surface area (Å²) < 4.78 is 50.9. The summed E-state index contributed by atoms with van der Waals surface area (Å²) in [5.74, 6) is -1.59. The molecule has 5 rings (SSSR count). The molecule has 34 heavy (non-hydrogen) atoms. The van der Waals surface area contributed by atoms with Crippen molar-refractivity contribution in [3.63, 3.8) is 0 Å². The molecule has 0 spiro atoms. The van der Waals surface area contributed by atoms with Crippen molar-refractivity contribution < 1.29 is 37.3 Å². The Balaban J connectivity index is 1.28. The number of ether oxygens (including phenoxy) is 2. The van der Waals surface area contributed by atoms with Crippen molar-refractivity contribution in [2.45, 2.75) is 76.2 Å². The van der Waals surface area contributed by atoms with Gasteiger partial charge in [0.1, 0.15) is 0 Å². The number of carboxylic acid groups (broad SMARTS) is 1. The summed E-state index contributed by atoms with van der Waals surface area (Å²) in [7, 11) is 0. The van der Waals surface area contributed by atoms with Crippen LogP contribution in [0.3, 0.4) is 0 Å². The van der Waals surface area contributed by atoms with E-state index in [0.717, 1.165) is 38.4 Å². The van der Waals surface area contributed by atoms with E-state index in [2.05, 4.69) is 0 Å². The van der Waals surface area contributed by atoms with Crippen LogP contribution in [-0.4, -0.2) is 60.4 Å². The van der Waals surface area contributed by atoms with Crippen molar-refractivity contribution in [3.8, 4) is 0 Å². The molecule has 0 aromatic heterocycles. The molecular formula is C25H32F3NO5. The molecule has 2 bridgehead atoms. The summed E-state index contributed by atoms with van der Waals surface area (Å²) in [5, 5.41) is 9.46. The zero-order chi connectivity index (χ0) is 24.5. The van der Waals surface area contributed by atoms with Gasteiger partial charge in [0.15, 0.2) is 0 Å². The van der Waals surface area contributed by atoms with Gasteiger partial charge < -0.3 is 19.5 Å². The summed E-state index contributed by atoms with van der Waals surface area (Å²) in [4.78, 5) is 26.1. The van der Waals surface area contributed by atoms with Gasteiger partial charge in [0.2, 0.25) is 5.91 Å². The maximum atomic E-state index is 13.0. The van der Waals surface area contributed by atoms with Crippen LogP contribution in [0.1, 0.15) is 79.3 Å². The van der Waals surface area contributed by atoms with E-state index in [4.69, 9.17) is 9.47 Å². The largest absolute Gasteiger partial charge is 0.478 e. The number of piperidine rings is 1. The van der Waals surface area contributed by atoms with Crippen LogP contribution in [0.15, 0.2) is 18.2 Å². The fourth-order valence-corrected chi connectivity index (χ4v) is 5.46. The highest BCUT2D eigenvalue weighted by atomic mass is 19.4. The summed E-state index contributed by atoms with van der Waals surface area (Å²) in [6.07, 6.45) is 1.24. The molecule has 4 aliphatic rings. The van der Waals surface area contributed by atoms with Gasteiger partial charge in [-0.15, -0.1) is 0 Å². The second-order valence-corrected chi connectivity index (χ2v) is 10.1. The molecule has 3 saturated heterocycles. The van der Waals surface area contributed by atoms with E-state index in [0.29, 0.717) is 50.3 Å². The Bertz CT molecular complexity index is 889. The number of amides is 1. The molecule has 188 valence electrons. The van der Waals surface area contributed by atoms with Crippen molar-refractivity contribution in [1.29, 1.82) is 0 Å². The molecule has 1 aromatic rings. The molecule has 1 saturated carbocycles. The number of fused-ring (bicyclic) bond motifs is 3. The van der Waals surface area contributed by atoms with Crippen molar-refractivity contribution in [3.05, 3.63) is 34.9 Å². The highest BCUT2D eigenvalue weighted by Gasteiger charge is 2.42. The van der Waals surface area contributed by atoms with Crippen LogP contribution in [-0.2, 0) is 20.4 Å². The third-order valence-corrected chi connectivity index (χ3v) is 7.65. The van der Waals surface area contributed by atoms with Gasteiger partial charge in [-0.25, -0.2) is 4.79 Å². The smallest absolute Gasteiger partial charge is 0.416 e. The van der Waals surface area contributed by atoms with E-state index in [1.54, 1.807) is 4.90 Å². The SMILES string of the molecule is CC(CC(=O)N1CCC(c2ccc(C(F)(F)F)cc2C(=O)O)CC1)OCC12CCC(CC1)OC2. The van der Waals surface area contributed by atoms with Crippen LogP contribution in [0.2, 0.25) is 0 Å². The first kappa shape index (κ1) is 25.0. The fraction of sp³-hybridized carbons (Fsp3) is 0.680. The number of rotatable bonds is 7. The van der Waals surface area contributed by atoms with Crippen LogP contribution in [0.25, 0.3) is 0 Å². The van der Waals surface area contributed by atoms with Crippen LogP contribution < -0.4 is 0 Å². The maximum absolute atomic E-state index is 13.0. The van der Waals surface area contributed by atoms with E-state index >= 15 is 0 Å². The number of benzene rings is 1. The van der Waals surface area contributed by atoms with E-state index in [-0.39, 0.29) is 35.3 Å². The lowest BCUT2D eigenvalue weighted by molar-refractivity contribution is -0.153. The summed E-state index contributed by atoms with van der Waals surface area (Å²) in [6, 6.07) is 2.91. The molecule has 1 atom stereocenters. The summed E-state index contributed by atoms with van der Waals surface area (Å²) >= 11 is 0. The molecule has 1 N–H and O–H groups in total. The Hall–Kier alpha value is -2.13. The van der Waals surface area contributed by atoms with Gasteiger partial charge in [0.05, 0.1) is 43.0 Å². The molecule has 0 radical (unpaired) electrons. The van der Waals surface area contributed by atoms with E-state index in [1.165, 1.54) is 6.07 Å². The Labute approximate surface area is 197 Å². The quantitative estimate of drug-likeness (QED) is 0.599. The van der Waals surface area contributed by atoms with Crippen LogP contribution in [0.4, 0.5) is 13.2 Å². The molecule has 6 nitrogen and oxygen atoms in total. The maximum Gasteiger partial charge on any atom is 0.416 e. The first-order valence-electron chi connectivity index (χ1n) is 12.0. The van der Waals surface area contributed by atoms with Crippen LogP contribution in [0, 0.1) is 5.41 Å². The lowest BCUT2D eigenvalue weighted by atomic mass is 9.72. The van der Waals surface area contributed by atoms with Gasteiger partial charge in [-0.3, -0.25) is 4.79 Å².